The number of hydrogen-bond donors (Lipinski definition) is 2. The van der Waals surface area contributed by atoms with Crippen molar-refractivity contribution in [3.63, 3.8) is 0 Å². The Kier molecular flexibility index (Phi) is 5.21. The Balaban J connectivity index is 2.25. The van der Waals surface area contributed by atoms with Crippen LogP contribution in [0.1, 0.15) is 44.4 Å². The van der Waals surface area contributed by atoms with Crippen molar-refractivity contribution in [1.82, 2.24) is 0 Å². The molecule has 0 atom stereocenters. The summed E-state index contributed by atoms with van der Waals surface area (Å²) in [5.74, 6) is -2.37. The first kappa shape index (κ1) is 19.0. The number of halogens is 2. The molecule has 0 saturated carbocycles. The quantitative estimate of drug-likeness (QED) is 0.656. The van der Waals surface area contributed by atoms with Crippen molar-refractivity contribution in [2.75, 3.05) is 10.6 Å². The summed E-state index contributed by atoms with van der Waals surface area (Å²) < 4.78 is 27.7. The lowest BCUT2D eigenvalue weighted by atomic mass is 9.85. The first-order valence-corrected chi connectivity index (χ1v) is 8.28. The summed E-state index contributed by atoms with van der Waals surface area (Å²) in [7, 11) is 0. The second-order valence-corrected chi connectivity index (χ2v) is 7.53. The minimum absolute atomic E-state index is 0.00874. The molecule has 0 spiro atoms. The largest absolute Gasteiger partial charge is 0.342 e. The van der Waals surface area contributed by atoms with Crippen molar-refractivity contribution in [1.29, 1.82) is 0 Å². The standard InChI is InChI=1S/C21H26F2N2/c1-14-7-9-18(10-8-14)24-15(2)25-19-12-16(20(3,4)5)11-17(13-19)21(6,22)23/h7-13,24-25H,2H2,1,3-6H3. The second kappa shape index (κ2) is 6.87. The molecule has 0 amide bonds. The molecule has 134 valence electrons. The van der Waals surface area contributed by atoms with Crippen LogP contribution in [0.4, 0.5) is 20.2 Å². The molecule has 2 nitrogen and oxygen atoms in total. The fourth-order valence-corrected chi connectivity index (χ4v) is 2.40. The molecule has 0 aliphatic rings. The van der Waals surface area contributed by atoms with Crippen LogP contribution in [-0.4, -0.2) is 0 Å². The average Bonchev–Trinajstić information content (AvgIpc) is 2.47. The Hall–Kier alpha value is -2.36. The van der Waals surface area contributed by atoms with Gasteiger partial charge in [0.25, 0.3) is 5.92 Å². The zero-order valence-corrected chi connectivity index (χ0v) is 15.5. The van der Waals surface area contributed by atoms with Gasteiger partial charge in [0, 0.05) is 23.9 Å². The predicted molar refractivity (Wildman–Crippen MR) is 102 cm³/mol. The van der Waals surface area contributed by atoms with Gasteiger partial charge in [0.2, 0.25) is 0 Å². The van der Waals surface area contributed by atoms with Gasteiger partial charge < -0.3 is 10.6 Å². The van der Waals surface area contributed by atoms with Crippen LogP contribution >= 0.6 is 0 Å². The highest BCUT2D eigenvalue weighted by atomic mass is 19.3. The van der Waals surface area contributed by atoms with E-state index in [1.807, 2.05) is 58.0 Å². The highest BCUT2D eigenvalue weighted by Gasteiger charge is 2.27. The number of anilines is 2. The molecule has 0 heterocycles. The van der Waals surface area contributed by atoms with Crippen molar-refractivity contribution < 1.29 is 8.78 Å². The molecule has 0 aliphatic heterocycles. The summed E-state index contributed by atoms with van der Waals surface area (Å²) >= 11 is 0. The lowest BCUT2D eigenvalue weighted by molar-refractivity contribution is 0.0174. The summed E-state index contributed by atoms with van der Waals surface area (Å²) in [5, 5.41) is 6.23. The molecule has 0 saturated heterocycles. The van der Waals surface area contributed by atoms with Gasteiger partial charge in [0.1, 0.15) is 5.82 Å². The maximum Gasteiger partial charge on any atom is 0.270 e. The molecule has 0 aliphatic carbocycles. The first-order chi connectivity index (χ1) is 11.4. The highest BCUT2D eigenvalue weighted by Crippen LogP contribution is 2.34. The van der Waals surface area contributed by atoms with Crippen molar-refractivity contribution in [2.45, 2.75) is 46.0 Å². The van der Waals surface area contributed by atoms with E-state index in [0.29, 0.717) is 11.5 Å². The maximum atomic E-state index is 13.9. The Morgan fingerprint density at radius 3 is 1.88 bits per heavy atom. The molecule has 0 unspecified atom stereocenters. The Bertz CT molecular complexity index is 719. The third-order valence-electron chi connectivity index (χ3n) is 3.95. The smallest absolute Gasteiger partial charge is 0.270 e. The average molecular weight is 344 g/mol. The van der Waals surface area contributed by atoms with Gasteiger partial charge in [-0.2, -0.15) is 0 Å². The molecular formula is C21H26F2N2. The lowest BCUT2D eigenvalue weighted by Crippen LogP contribution is -2.16. The van der Waals surface area contributed by atoms with E-state index < -0.39 is 5.92 Å². The van der Waals surface area contributed by atoms with Crippen LogP contribution in [0.3, 0.4) is 0 Å². The number of alkyl halides is 2. The highest BCUT2D eigenvalue weighted by molar-refractivity contribution is 5.58. The number of benzene rings is 2. The van der Waals surface area contributed by atoms with Crippen LogP contribution in [0.5, 0.6) is 0 Å². The number of hydrogen-bond acceptors (Lipinski definition) is 2. The van der Waals surface area contributed by atoms with Crippen LogP contribution < -0.4 is 10.6 Å². The normalized spacial score (nSPS) is 12.0. The third kappa shape index (κ3) is 5.31. The Morgan fingerprint density at radius 2 is 1.36 bits per heavy atom. The first-order valence-electron chi connectivity index (χ1n) is 8.28. The van der Waals surface area contributed by atoms with E-state index in [9.17, 15) is 8.78 Å². The SMILES string of the molecule is C=C(Nc1ccc(C)cc1)Nc1cc(C(C)(C)C)cc(C(C)(F)F)c1. The van der Waals surface area contributed by atoms with Gasteiger partial charge >= 0.3 is 0 Å². The molecule has 0 bridgehead atoms. The molecule has 25 heavy (non-hydrogen) atoms. The monoisotopic (exact) mass is 344 g/mol. The van der Waals surface area contributed by atoms with Gasteiger partial charge in [0.15, 0.2) is 0 Å². The zero-order valence-electron chi connectivity index (χ0n) is 15.5. The van der Waals surface area contributed by atoms with Crippen LogP contribution in [-0.2, 0) is 11.3 Å². The zero-order chi connectivity index (χ0) is 18.8. The molecule has 4 heteroatoms. The van der Waals surface area contributed by atoms with E-state index >= 15 is 0 Å². The van der Waals surface area contributed by atoms with Crippen molar-refractivity contribution >= 4 is 11.4 Å². The van der Waals surface area contributed by atoms with Crippen LogP contribution in [0.2, 0.25) is 0 Å². The molecule has 2 rings (SSSR count). The Morgan fingerprint density at radius 1 is 0.840 bits per heavy atom. The number of rotatable bonds is 5. The molecular weight excluding hydrogens is 318 g/mol. The number of nitrogens with one attached hydrogen (secondary N) is 2. The van der Waals surface area contributed by atoms with Gasteiger partial charge in [-0.3, -0.25) is 0 Å². The van der Waals surface area contributed by atoms with Crippen molar-refractivity contribution in [3.05, 3.63) is 71.6 Å². The van der Waals surface area contributed by atoms with E-state index in [4.69, 9.17) is 0 Å². The summed E-state index contributed by atoms with van der Waals surface area (Å²) in [6.45, 7) is 12.9. The minimum Gasteiger partial charge on any atom is -0.342 e. The van der Waals surface area contributed by atoms with E-state index in [-0.39, 0.29) is 11.0 Å². The van der Waals surface area contributed by atoms with Gasteiger partial charge in [-0.15, -0.1) is 0 Å². The summed E-state index contributed by atoms with van der Waals surface area (Å²) in [5.41, 5.74) is 3.24. The van der Waals surface area contributed by atoms with E-state index in [2.05, 4.69) is 17.2 Å². The summed E-state index contributed by atoms with van der Waals surface area (Å²) in [6.07, 6.45) is 0. The van der Waals surface area contributed by atoms with Gasteiger partial charge in [-0.25, -0.2) is 8.78 Å². The Labute approximate surface area is 149 Å². The van der Waals surface area contributed by atoms with Crippen LogP contribution in [0.15, 0.2) is 54.9 Å². The van der Waals surface area contributed by atoms with E-state index in [1.54, 1.807) is 6.07 Å². The third-order valence-corrected chi connectivity index (χ3v) is 3.95. The molecule has 0 radical (unpaired) electrons. The maximum absolute atomic E-state index is 13.9. The molecule has 0 aromatic heterocycles. The topological polar surface area (TPSA) is 24.1 Å². The molecule has 0 fully saturated rings. The number of aryl methyl sites for hydroxylation is 1. The van der Waals surface area contributed by atoms with Crippen molar-refractivity contribution in [3.8, 4) is 0 Å². The minimum atomic E-state index is -2.90. The van der Waals surface area contributed by atoms with Gasteiger partial charge in [0.05, 0.1) is 0 Å². The van der Waals surface area contributed by atoms with Gasteiger partial charge in [-0.1, -0.05) is 45.0 Å². The summed E-state index contributed by atoms with van der Waals surface area (Å²) in [4.78, 5) is 0. The molecule has 2 aromatic rings. The molecule has 2 aromatic carbocycles. The lowest BCUT2D eigenvalue weighted by Gasteiger charge is -2.24. The summed E-state index contributed by atoms with van der Waals surface area (Å²) in [6, 6.07) is 12.8. The van der Waals surface area contributed by atoms with Gasteiger partial charge in [-0.05, 0) is 48.2 Å². The molecule has 2 N–H and O–H groups in total. The van der Waals surface area contributed by atoms with Crippen molar-refractivity contribution in [2.24, 2.45) is 0 Å². The van der Waals surface area contributed by atoms with Crippen LogP contribution in [0, 0.1) is 6.92 Å². The fourth-order valence-electron chi connectivity index (χ4n) is 2.40. The van der Waals surface area contributed by atoms with E-state index in [1.165, 1.54) is 6.07 Å². The van der Waals surface area contributed by atoms with Crippen LogP contribution in [0.25, 0.3) is 0 Å². The predicted octanol–water partition coefficient (Wildman–Crippen LogP) is 6.40. The fraction of sp³-hybridized carbons (Fsp3) is 0.333. The second-order valence-electron chi connectivity index (χ2n) is 7.53. The van der Waals surface area contributed by atoms with E-state index in [0.717, 1.165) is 23.7 Å².